The summed E-state index contributed by atoms with van der Waals surface area (Å²) in [7, 11) is 0. The van der Waals surface area contributed by atoms with Crippen molar-refractivity contribution in [3.63, 3.8) is 0 Å². The highest BCUT2D eigenvalue weighted by molar-refractivity contribution is 5.42. The molecule has 0 aliphatic carbocycles. The van der Waals surface area contributed by atoms with Crippen molar-refractivity contribution in [1.29, 1.82) is 0 Å². The second-order valence-electron chi connectivity index (χ2n) is 5.29. The zero-order valence-corrected chi connectivity index (χ0v) is 12.8. The van der Waals surface area contributed by atoms with E-state index in [1.54, 1.807) is 12.4 Å². The quantitative estimate of drug-likeness (QED) is 0.775. The van der Waals surface area contributed by atoms with Gasteiger partial charge in [0, 0.05) is 12.6 Å². The molecule has 1 heterocycles. The van der Waals surface area contributed by atoms with Crippen LogP contribution in [0.4, 0.5) is 11.6 Å². The van der Waals surface area contributed by atoms with Gasteiger partial charge in [0.05, 0.1) is 12.4 Å². The molecule has 0 saturated heterocycles. The summed E-state index contributed by atoms with van der Waals surface area (Å²) < 4.78 is 0. The van der Waals surface area contributed by atoms with E-state index in [1.165, 1.54) is 5.56 Å². The van der Waals surface area contributed by atoms with E-state index in [0.717, 1.165) is 37.4 Å². The van der Waals surface area contributed by atoms with Crippen molar-refractivity contribution in [1.82, 2.24) is 9.97 Å². The summed E-state index contributed by atoms with van der Waals surface area (Å²) in [4.78, 5) is 8.74. The van der Waals surface area contributed by atoms with E-state index in [9.17, 15) is 0 Å². The van der Waals surface area contributed by atoms with Crippen LogP contribution < -0.4 is 10.6 Å². The van der Waals surface area contributed by atoms with E-state index in [1.807, 2.05) is 0 Å². The lowest BCUT2D eigenvalue weighted by Crippen LogP contribution is -2.17. The molecule has 1 aromatic heterocycles. The van der Waals surface area contributed by atoms with E-state index in [4.69, 9.17) is 0 Å². The smallest absolute Gasteiger partial charge is 0.147 e. The van der Waals surface area contributed by atoms with Gasteiger partial charge in [-0.3, -0.25) is 4.98 Å². The molecule has 2 aromatic rings. The first-order valence-corrected chi connectivity index (χ1v) is 7.64. The number of hydrogen-bond donors (Lipinski definition) is 2. The van der Waals surface area contributed by atoms with Gasteiger partial charge in [-0.15, -0.1) is 0 Å². The third-order valence-corrected chi connectivity index (χ3v) is 3.29. The number of nitrogens with zero attached hydrogens (tertiary/aromatic N) is 2. The van der Waals surface area contributed by atoms with Gasteiger partial charge in [0.15, 0.2) is 0 Å². The van der Waals surface area contributed by atoms with Crippen molar-refractivity contribution in [2.24, 2.45) is 0 Å². The topological polar surface area (TPSA) is 49.8 Å². The van der Waals surface area contributed by atoms with Crippen LogP contribution in [0.15, 0.2) is 42.7 Å². The minimum absolute atomic E-state index is 0.362. The summed E-state index contributed by atoms with van der Waals surface area (Å²) in [6, 6.07) is 10.9. The van der Waals surface area contributed by atoms with Gasteiger partial charge in [-0.25, -0.2) is 4.98 Å². The van der Waals surface area contributed by atoms with Crippen LogP contribution in [0, 0.1) is 0 Å². The summed E-state index contributed by atoms with van der Waals surface area (Å²) in [5.41, 5.74) is 1.37. The van der Waals surface area contributed by atoms with Crippen molar-refractivity contribution in [3.8, 4) is 0 Å². The molecule has 0 aliphatic rings. The fourth-order valence-electron chi connectivity index (χ4n) is 2.13. The number of anilines is 2. The molecule has 0 bridgehead atoms. The summed E-state index contributed by atoms with van der Waals surface area (Å²) in [5.74, 6) is 1.66. The summed E-state index contributed by atoms with van der Waals surface area (Å²) >= 11 is 0. The lowest BCUT2D eigenvalue weighted by molar-refractivity contribution is 0.702. The summed E-state index contributed by atoms with van der Waals surface area (Å²) in [6.07, 6.45) is 6.74. The van der Waals surface area contributed by atoms with Crippen LogP contribution in [0.3, 0.4) is 0 Å². The predicted octanol–water partition coefficient (Wildman–Crippen LogP) is 3.73. The standard InChI is InChI=1S/C17H24N4/c1-3-11-19-16-12-18-13-17(21-16)20-14(2)9-10-15-7-5-4-6-8-15/h4-8,12-14H,3,9-11H2,1-2H3,(H2,19,20,21). The number of nitrogens with one attached hydrogen (secondary N) is 2. The Hall–Kier alpha value is -2.10. The van der Waals surface area contributed by atoms with E-state index in [2.05, 4.69) is 64.8 Å². The van der Waals surface area contributed by atoms with Gasteiger partial charge in [0.2, 0.25) is 0 Å². The van der Waals surface area contributed by atoms with Crippen LogP contribution in [-0.2, 0) is 6.42 Å². The Bertz CT molecular complexity index is 527. The van der Waals surface area contributed by atoms with Crippen molar-refractivity contribution >= 4 is 11.6 Å². The molecule has 1 atom stereocenters. The van der Waals surface area contributed by atoms with Crippen molar-refractivity contribution in [2.45, 2.75) is 39.2 Å². The van der Waals surface area contributed by atoms with Crippen LogP contribution in [0.2, 0.25) is 0 Å². The highest BCUT2D eigenvalue weighted by Gasteiger charge is 2.05. The van der Waals surface area contributed by atoms with Gasteiger partial charge in [0.1, 0.15) is 11.6 Å². The molecule has 1 aromatic carbocycles. The predicted molar refractivity (Wildman–Crippen MR) is 88.7 cm³/mol. The Morgan fingerprint density at radius 3 is 2.62 bits per heavy atom. The van der Waals surface area contributed by atoms with Gasteiger partial charge in [-0.1, -0.05) is 37.3 Å². The molecule has 0 spiro atoms. The molecule has 0 saturated carbocycles. The highest BCUT2D eigenvalue weighted by atomic mass is 15.1. The van der Waals surface area contributed by atoms with E-state index < -0.39 is 0 Å². The van der Waals surface area contributed by atoms with Crippen LogP contribution in [0.25, 0.3) is 0 Å². The zero-order chi connectivity index (χ0) is 14.9. The molecule has 112 valence electrons. The zero-order valence-electron chi connectivity index (χ0n) is 12.8. The third-order valence-electron chi connectivity index (χ3n) is 3.29. The minimum Gasteiger partial charge on any atom is -0.369 e. The highest BCUT2D eigenvalue weighted by Crippen LogP contribution is 2.11. The van der Waals surface area contributed by atoms with Gasteiger partial charge in [0.25, 0.3) is 0 Å². The average molecular weight is 284 g/mol. The number of aryl methyl sites for hydroxylation is 1. The molecule has 4 nitrogen and oxygen atoms in total. The van der Waals surface area contributed by atoms with Crippen molar-refractivity contribution in [2.75, 3.05) is 17.2 Å². The van der Waals surface area contributed by atoms with E-state index >= 15 is 0 Å². The van der Waals surface area contributed by atoms with Gasteiger partial charge in [-0.05, 0) is 31.7 Å². The second-order valence-corrected chi connectivity index (χ2v) is 5.29. The molecule has 2 N–H and O–H groups in total. The van der Waals surface area contributed by atoms with Gasteiger partial charge < -0.3 is 10.6 Å². The summed E-state index contributed by atoms with van der Waals surface area (Å²) in [6.45, 7) is 5.23. The van der Waals surface area contributed by atoms with Crippen molar-refractivity contribution < 1.29 is 0 Å². The SMILES string of the molecule is CCCNc1cncc(NC(C)CCc2ccccc2)n1. The maximum Gasteiger partial charge on any atom is 0.147 e. The Morgan fingerprint density at radius 2 is 1.86 bits per heavy atom. The molecular weight excluding hydrogens is 260 g/mol. The van der Waals surface area contributed by atoms with Crippen LogP contribution in [0.1, 0.15) is 32.3 Å². The maximum atomic E-state index is 4.52. The molecule has 0 amide bonds. The third kappa shape index (κ3) is 5.42. The fraction of sp³-hybridized carbons (Fsp3) is 0.412. The fourth-order valence-corrected chi connectivity index (χ4v) is 2.13. The molecule has 0 aliphatic heterocycles. The first kappa shape index (κ1) is 15.3. The maximum absolute atomic E-state index is 4.52. The minimum atomic E-state index is 0.362. The molecule has 21 heavy (non-hydrogen) atoms. The molecule has 2 rings (SSSR count). The first-order chi connectivity index (χ1) is 10.3. The van der Waals surface area contributed by atoms with Gasteiger partial charge in [-0.2, -0.15) is 0 Å². The molecule has 4 heteroatoms. The Balaban J connectivity index is 1.83. The monoisotopic (exact) mass is 284 g/mol. The average Bonchev–Trinajstić information content (AvgIpc) is 2.52. The number of benzene rings is 1. The lowest BCUT2D eigenvalue weighted by Gasteiger charge is -2.15. The largest absolute Gasteiger partial charge is 0.369 e. The number of rotatable bonds is 8. The first-order valence-electron chi connectivity index (χ1n) is 7.64. The van der Waals surface area contributed by atoms with E-state index in [-0.39, 0.29) is 0 Å². The second kappa shape index (κ2) is 8.25. The summed E-state index contributed by atoms with van der Waals surface area (Å²) in [5, 5.41) is 6.67. The Morgan fingerprint density at radius 1 is 1.10 bits per heavy atom. The van der Waals surface area contributed by atoms with Crippen LogP contribution in [0.5, 0.6) is 0 Å². The van der Waals surface area contributed by atoms with Crippen LogP contribution >= 0.6 is 0 Å². The lowest BCUT2D eigenvalue weighted by atomic mass is 10.1. The Kier molecular flexibility index (Phi) is 6.00. The van der Waals surface area contributed by atoms with Crippen LogP contribution in [-0.4, -0.2) is 22.6 Å². The van der Waals surface area contributed by atoms with Gasteiger partial charge >= 0.3 is 0 Å². The molecular formula is C17H24N4. The number of hydrogen-bond acceptors (Lipinski definition) is 4. The van der Waals surface area contributed by atoms with E-state index in [0.29, 0.717) is 6.04 Å². The molecule has 0 fully saturated rings. The molecule has 0 radical (unpaired) electrons. The van der Waals surface area contributed by atoms with Crippen molar-refractivity contribution in [3.05, 3.63) is 48.3 Å². The normalized spacial score (nSPS) is 11.9. The molecule has 1 unspecified atom stereocenters. The Labute approximate surface area is 127 Å². The number of aromatic nitrogens is 2.